The average Bonchev–Trinajstić information content (AvgIpc) is 3.25. The van der Waals surface area contributed by atoms with Gasteiger partial charge in [0.15, 0.2) is 0 Å². The van der Waals surface area contributed by atoms with Crippen LogP contribution in [-0.4, -0.2) is 44.1 Å². The van der Waals surface area contributed by atoms with Crippen LogP contribution in [0.3, 0.4) is 0 Å². The maximum Gasteiger partial charge on any atom is 0.124 e. The fourth-order valence-electron chi connectivity index (χ4n) is 2.17. The molecule has 152 valence electrons. The summed E-state index contributed by atoms with van der Waals surface area (Å²) < 4.78 is 0. The minimum Gasteiger partial charge on any atom is -0.304 e. The number of aliphatic imine (C=N–C) groups is 2. The first-order chi connectivity index (χ1) is 13.7. The molecule has 1 saturated heterocycles. The van der Waals surface area contributed by atoms with Gasteiger partial charge < -0.3 is 10.6 Å². The number of hydrogen-bond acceptors (Lipinski definition) is 7. The lowest BCUT2D eigenvalue weighted by Crippen LogP contribution is -2.37. The van der Waals surface area contributed by atoms with Crippen molar-refractivity contribution in [3.63, 3.8) is 0 Å². The Balaban J connectivity index is 0.000000411. The summed E-state index contributed by atoms with van der Waals surface area (Å²) in [5.41, 5.74) is 3.98. The lowest BCUT2D eigenvalue weighted by Gasteiger charge is -2.11. The summed E-state index contributed by atoms with van der Waals surface area (Å²) in [5, 5.41) is 11.2. The smallest absolute Gasteiger partial charge is 0.124 e. The Bertz CT molecular complexity index is 707. The van der Waals surface area contributed by atoms with Crippen molar-refractivity contribution in [2.24, 2.45) is 9.98 Å². The Labute approximate surface area is 177 Å². The van der Waals surface area contributed by atoms with Crippen molar-refractivity contribution in [3.05, 3.63) is 46.3 Å². The van der Waals surface area contributed by atoms with E-state index in [-0.39, 0.29) is 0 Å². The van der Waals surface area contributed by atoms with E-state index in [1.165, 1.54) is 36.8 Å². The Kier molecular flexibility index (Phi) is 13.1. The van der Waals surface area contributed by atoms with Crippen molar-refractivity contribution in [1.82, 2.24) is 15.6 Å². The lowest BCUT2D eigenvalue weighted by atomic mass is 10.2. The molecule has 0 spiro atoms. The first kappa shape index (κ1) is 24.2. The van der Waals surface area contributed by atoms with Gasteiger partial charge in [-0.25, -0.2) is 4.98 Å². The number of rotatable bonds is 6. The summed E-state index contributed by atoms with van der Waals surface area (Å²) in [5.74, 6) is 0.605. The van der Waals surface area contributed by atoms with Crippen LogP contribution >= 0.6 is 23.1 Å². The van der Waals surface area contributed by atoms with Gasteiger partial charge in [-0.05, 0) is 39.9 Å². The fourth-order valence-corrected chi connectivity index (χ4v) is 3.52. The Morgan fingerprint density at radius 3 is 2.39 bits per heavy atom. The van der Waals surface area contributed by atoms with E-state index in [0.29, 0.717) is 5.88 Å². The second-order valence-corrected chi connectivity index (χ2v) is 7.30. The summed E-state index contributed by atoms with van der Waals surface area (Å²) in [6.07, 6.45) is 1.28. The number of aryl methyl sites for hydroxylation is 1. The molecule has 0 amide bonds. The van der Waals surface area contributed by atoms with Crippen molar-refractivity contribution in [3.8, 4) is 10.6 Å². The number of aromatic nitrogens is 1. The molecule has 5 nitrogen and oxygen atoms in total. The molecule has 0 atom stereocenters. The number of thioether (sulfide) groups is 1. The molecule has 2 N–H and O–H groups in total. The molecular formula is C21H31N5S2. The van der Waals surface area contributed by atoms with Crippen LogP contribution in [0.1, 0.15) is 31.5 Å². The maximum atomic E-state index is 4.62. The minimum atomic E-state index is 0.605. The molecule has 2 aromatic rings. The summed E-state index contributed by atoms with van der Waals surface area (Å²) in [6.45, 7) is 16.5. The highest BCUT2D eigenvalue weighted by atomic mass is 32.2. The quantitative estimate of drug-likeness (QED) is 0.509. The molecule has 0 unspecified atom stereocenters. The molecule has 0 radical (unpaired) electrons. The molecule has 7 heteroatoms. The van der Waals surface area contributed by atoms with Crippen LogP contribution in [0.25, 0.3) is 16.3 Å². The molecule has 1 aromatic heterocycles. The van der Waals surface area contributed by atoms with Gasteiger partial charge in [-0.3, -0.25) is 9.98 Å². The molecule has 28 heavy (non-hydrogen) atoms. The van der Waals surface area contributed by atoms with E-state index < -0.39 is 0 Å². The number of benzene rings is 1. The van der Waals surface area contributed by atoms with Gasteiger partial charge in [-0.15, -0.1) is 23.1 Å². The van der Waals surface area contributed by atoms with E-state index in [9.17, 15) is 0 Å². The van der Waals surface area contributed by atoms with Crippen LogP contribution < -0.4 is 10.6 Å². The number of nitrogens with one attached hydrogen (secondary N) is 2. The normalized spacial score (nSPS) is 13.5. The van der Waals surface area contributed by atoms with Crippen molar-refractivity contribution in [2.45, 2.75) is 27.2 Å². The second-order valence-electron chi connectivity index (χ2n) is 5.61. The van der Waals surface area contributed by atoms with E-state index >= 15 is 0 Å². The maximum absolute atomic E-state index is 4.62. The standard InChI is InChI=1S/C15H15N3S2.C4H10N2.C2H6/c1-11-4-6-12(7-5-11)15-18-14(9-20-15)13(17-3)8-19-10-16-2;1-2-5-4-6-3-1;1-2/h4-9H,2-3,10H2,1H3;5-6H,1-4H2;1-2H3/b13-8-;;. The van der Waals surface area contributed by atoms with Gasteiger partial charge in [0.05, 0.1) is 11.6 Å². The van der Waals surface area contributed by atoms with Crippen LogP contribution in [0.4, 0.5) is 0 Å². The van der Waals surface area contributed by atoms with Gasteiger partial charge in [0, 0.05) is 23.0 Å². The van der Waals surface area contributed by atoms with E-state index in [1.54, 1.807) is 11.3 Å². The highest BCUT2D eigenvalue weighted by Gasteiger charge is 2.07. The van der Waals surface area contributed by atoms with Gasteiger partial charge in [0.25, 0.3) is 0 Å². The van der Waals surface area contributed by atoms with Crippen LogP contribution in [0.15, 0.2) is 45.0 Å². The molecule has 0 saturated carbocycles. The third kappa shape index (κ3) is 8.93. The van der Waals surface area contributed by atoms with Gasteiger partial charge in [0.2, 0.25) is 0 Å². The first-order valence-electron chi connectivity index (χ1n) is 9.40. The highest BCUT2D eigenvalue weighted by Crippen LogP contribution is 2.28. The van der Waals surface area contributed by atoms with Gasteiger partial charge in [0.1, 0.15) is 10.7 Å². The Hall–Kier alpha value is -1.80. The van der Waals surface area contributed by atoms with Crippen molar-refractivity contribution >= 4 is 42.2 Å². The zero-order chi connectivity index (χ0) is 20.6. The number of hydrogen-bond donors (Lipinski definition) is 2. The largest absolute Gasteiger partial charge is 0.304 e. The molecule has 0 aliphatic carbocycles. The Morgan fingerprint density at radius 2 is 1.89 bits per heavy atom. The summed E-state index contributed by atoms with van der Waals surface area (Å²) in [7, 11) is 0. The van der Waals surface area contributed by atoms with Crippen LogP contribution in [0, 0.1) is 6.92 Å². The molecular weight excluding hydrogens is 386 g/mol. The molecule has 1 aliphatic heterocycles. The first-order valence-corrected chi connectivity index (χ1v) is 11.3. The molecule has 1 aromatic carbocycles. The number of nitrogens with zero attached hydrogens (tertiary/aromatic N) is 3. The van der Waals surface area contributed by atoms with E-state index in [4.69, 9.17) is 0 Å². The topological polar surface area (TPSA) is 61.7 Å². The number of thiazole rings is 1. The van der Waals surface area contributed by atoms with Crippen LogP contribution in [0.5, 0.6) is 0 Å². The Morgan fingerprint density at radius 1 is 1.21 bits per heavy atom. The second kappa shape index (κ2) is 15.2. The van der Waals surface area contributed by atoms with E-state index in [2.05, 4.69) is 70.2 Å². The van der Waals surface area contributed by atoms with E-state index in [0.717, 1.165) is 28.6 Å². The SMILES string of the molecule is C1CNCNC1.C=NCS/C=C(\N=C)c1csc(-c2ccc(C)cc2)n1.CC. The van der Waals surface area contributed by atoms with Crippen molar-refractivity contribution < 1.29 is 0 Å². The van der Waals surface area contributed by atoms with Crippen LogP contribution in [0.2, 0.25) is 0 Å². The minimum absolute atomic E-state index is 0.605. The zero-order valence-electron chi connectivity index (χ0n) is 17.1. The van der Waals surface area contributed by atoms with Gasteiger partial charge >= 0.3 is 0 Å². The summed E-state index contributed by atoms with van der Waals surface area (Å²) in [4.78, 5) is 12.4. The van der Waals surface area contributed by atoms with E-state index in [1.807, 2.05) is 24.6 Å². The molecule has 3 rings (SSSR count). The summed E-state index contributed by atoms with van der Waals surface area (Å²) >= 11 is 3.13. The highest BCUT2D eigenvalue weighted by molar-refractivity contribution is 8.02. The van der Waals surface area contributed by atoms with Gasteiger partial charge in [-0.2, -0.15) is 0 Å². The fraction of sp³-hybridized carbons (Fsp3) is 0.381. The molecule has 1 fully saturated rings. The predicted molar refractivity (Wildman–Crippen MR) is 129 cm³/mol. The average molecular weight is 418 g/mol. The zero-order valence-corrected chi connectivity index (χ0v) is 18.7. The molecule has 2 heterocycles. The molecule has 0 bridgehead atoms. The van der Waals surface area contributed by atoms with Gasteiger partial charge in [-0.1, -0.05) is 43.7 Å². The third-order valence-electron chi connectivity index (χ3n) is 3.55. The van der Waals surface area contributed by atoms with Crippen LogP contribution in [-0.2, 0) is 0 Å². The summed E-state index contributed by atoms with van der Waals surface area (Å²) in [6, 6.07) is 8.34. The monoisotopic (exact) mass is 417 g/mol. The third-order valence-corrected chi connectivity index (χ3v) is 5.17. The van der Waals surface area contributed by atoms with Crippen molar-refractivity contribution in [1.29, 1.82) is 0 Å². The predicted octanol–water partition coefficient (Wildman–Crippen LogP) is 5.06. The lowest BCUT2D eigenvalue weighted by molar-refractivity contribution is 0.496. The van der Waals surface area contributed by atoms with Crippen molar-refractivity contribution in [2.75, 3.05) is 25.6 Å². The molecule has 1 aliphatic rings.